The van der Waals surface area contributed by atoms with Crippen LogP contribution >= 0.6 is 11.3 Å². The fraction of sp³-hybridized carbons (Fsp3) is 0.438. The molecule has 1 aromatic heterocycles. The van der Waals surface area contributed by atoms with Crippen molar-refractivity contribution in [1.29, 1.82) is 0 Å². The Morgan fingerprint density at radius 3 is 2.67 bits per heavy atom. The number of rotatable bonds is 3. The van der Waals surface area contributed by atoms with E-state index in [9.17, 15) is 9.59 Å². The summed E-state index contributed by atoms with van der Waals surface area (Å²) in [5.41, 5.74) is 1.02. The molecule has 2 aromatic rings. The molecular formula is C16H18N4O3S. The summed E-state index contributed by atoms with van der Waals surface area (Å²) in [6, 6.07) is 8.10. The van der Waals surface area contributed by atoms with Gasteiger partial charge in [-0.05, 0) is 12.1 Å². The predicted octanol–water partition coefficient (Wildman–Crippen LogP) is 1.40. The number of para-hydroxylation sites is 1. The average Bonchev–Trinajstić information content (AvgIpc) is 3.21. The van der Waals surface area contributed by atoms with Crippen molar-refractivity contribution < 1.29 is 14.3 Å². The van der Waals surface area contributed by atoms with Crippen LogP contribution in [0.15, 0.2) is 24.3 Å². The highest BCUT2D eigenvalue weighted by Gasteiger charge is 2.28. The van der Waals surface area contributed by atoms with Crippen molar-refractivity contribution in [2.24, 2.45) is 0 Å². The Kier molecular flexibility index (Phi) is 3.97. The summed E-state index contributed by atoms with van der Waals surface area (Å²) in [4.78, 5) is 33.9. The zero-order valence-corrected chi connectivity index (χ0v) is 14.0. The molecule has 126 valence electrons. The Morgan fingerprint density at radius 2 is 1.96 bits per heavy atom. The number of amides is 2. The lowest BCUT2D eigenvalue weighted by atomic mass is 10.3. The lowest BCUT2D eigenvalue weighted by molar-refractivity contribution is -0.132. The fourth-order valence-corrected chi connectivity index (χ4v) is 3.99. The Balaban J connectivity index is 1.36. The van der Waals surface area contributed by atoms with E-state index in [1.807, 2.05) is 23.1 Å². The van der Waals surface area contributed by atoms with Crippen molar-refractivity contribution in [3.63, 3.8) is 0 Å². The van der Waals surface area contributed by atoms with Gasteiger partial charge in [0.1, 0.15) is 13.2 Å². The van der Waals surface area contributed by atoms with Crippen molar-refractivity contribution >= 4 is 38.7 Å². The quantitative estimate of drug-likeness (QED) is 0.840. The molecule has 0 N–H and O–H groups in total. The summed E-state index contributed by atoms with van der Waals surface area (Å²) in [6.07, 6.45) is -0.392. The van der Waals surface area contributed by atoms with Gasteiger partial charge in [-0.25, -0.2) is 9.78 Å². The minimum absolute atomic E-state index is 0.0159. The molecule has 0 bridgehead atoms. The van der Waals surface area contributed by atoms with Gasteiger partial charge in [0.05, 0.1) is 16.8 Å². The van der Waals surface area contributed by atoms with Crippen LogP contribution in [0.5, 0.6) is 0 Å². The Hall–Kier alpha value is -2.35. The van der Waals surface area contributed by atoms with Crippen LogP contribution in [0.1, 0.15) is 0 Å². The number of thiazole rings is 1. The molecular weight excluding hydrogens is 328 g/mol. The second-order valence-corrected chi connectivity index (χ2v) is 6.88. The molecule has 8 heteroatoms. The zero-order valence-electron chi connectivity index (χ0n) is 13.2. The molecule has 2 amide bonds. The normalized spacial score (nSPS) is 18.3. The molecule has 1 aromatic carbocycles. The first kappa shape index (κ1) is 15.2. The van der Waals surface area contributed by atoms with Crippen LogP contribution in [0.4, 0.5) is 9.93 Å². The molecule has 24 heavy (non-hydrogen) atoms. The topological polar surface area (TPSA) is 66.0 Å². The molecule has 3 heterocycles. The third-order valence-electron chi connectivity index (χ3n) is 4.36. The SMILES string of the molecule is O=C(CN1CCOC1=O)N1CCN(c2nc3ccccc3s2)CC1. The molecule has 0 saturated carbocycles. The van der Waals surface area contributed by atoms with E-state index >= 15 is 0 Å². The average molecular weight is 346 g/mol. The van der Waals surface area contributed by atoms with Gasteiger partial charge in [-0.15, -0.1) is 0 Å². The summed E-state index contributed by atoms with van der Waals surface area (Å²) in [7, 11) is 0. The number of anilines is 1. The van der Waals surface area contributed by atoms with E-state index in [-0.39, 0.29) is 12.5 Å². The van der Waals surface area contributed by atoms with E-state index in [0.29, 0.717) is 26.2 Å². The summed E-state index contributed by atoms with van der Waals surface area (Å²) >= 11 is 1.68. The molecule has 2 fully saturated rings. The predicted molar refractivity (Wildman–Crippen MR) is 91.3 cm³/mol. The summed E-state index contributed by atoms with van der Waals surface area (Å²) in [5.74, 6) is -0.0159. The van der Waals surface area contributed by atoms with Crippen LogP contribution in [0.2, 0.25) is 0 Å². The lowest BCUT2D eigenvalue weighted by Gasteiger charge is -2.35. The van der Waals surface area contributed by atoms with Crippen LogP contribution < -0.4 is 4.90 Å². The van der Waals surface area contributed by atoms with Gasteiger partial charge in [0, 0.05) is 26.2 Å². The van der Waals surface area contributed by atoms with Crippen molar-refractivity contribution in [2.75, 3.05) is 50.8 Å². The van der Waals surface area contributed by atoms with Gasteiger partial charge in [0.25, 0.3) is 0 Å². The maximum atomic E-state index is 12.3. The molecule has 0 radical (unpaired) electrons. The molecule has 0 spiro atoms. The van der Waals surface area contributed by atoms with Crippen molar-refractivity contribution in [2.45, 2.75) is 0 Å². The molecule has 2 aliphatic heterocycles. The summed E-state index contributed by atoms with van der Waals surface area (Å²) in [5, 5.41) is 1.01. The van der Waals surface area contributed by atoms with Crippen LogP contribution in [0.3, 0.4) is 0 Å². The number of carbonyl (C=O) groups is 2. The number of nitrogens with zero attached hydrogens (tertiary/aromatic N) is 4. The maximum absolute atomic E-state index is 12.3. The van der Waals surface area contributed by atoms with Crippen LogP contribution in [0.25, 0.3) is 10.2 Å². The number of benzene rings is 1. The first-order valence-corrected chi connectivity index (χ1v) is 8.82. The second-order valence-electron chi connectivity index (χ2n) is 5.87. The third kappa shape index (κ3) is 2.89. The van der Waals surface area contributed by atoms with Gasteiger partial charge in [0.15, 0.2) is 5.13 Å². The van der Waals surface area contributed by atoms with Gasteiger partial charge in [-0.1, -0.05) is 23.5 Å². The van der Waals surface area contributed by atoms with Gasteiger partial charge in [-0.3, -0.25) is 9.69 Å². The molecule has 2 saturated heterocycles. The van der Waals surface area contributed by atoms with E-state index < -0.39 is 6.09 Å². The third-order valence-corrected chi connectivity index (χ3v) is 5.45. The number of cyclic esters (lactones) is 1. The van der Waals surface area contributed by atoms with Crippen molar-refractivity contribution in [3.05, 3.63) is 24.3 Å². The van der Waals surface area contributed by atoms with Crippen LogP contribution in [0, 0.1) is 0 Å². The molecule has 0 unspecified atom stereocenters. The molecule has 0 aliphatic carbocycles. The van der Waals surface area contributed by atoms with Crippen molar-refractivity contribution in [1.82, 2.24) is 14.8 Å². The number of hydrogen-bond donors (Lipinski definition) is 0. The summed E-state index contributed by atoms with van der Waals surface area (Å²) < 4.78 is 6.04. The number of ether oxygens (including phenoxy) is 1. The largest absolute Gasteiger partial charge is 0.448 e. The highest BCUT2D eigenvalue weighted by Crippen LogP contribution is 2.29. The summed E-state index contributed by atoms with van der Waals surface area (Å²) in [6.45, 7) is 3.80. The number of fused-ring (bicyclic) bond motifs is 1. The number of carbonyl (C=O) groups excluding carboxylic acids is 2. The highest BCUT2D eigenvalue weighted by atomic mass is 32.1. The molecule has 2 aliphatic rings. The minimum atomic E-state index is -0.392. The van der Waals surface area contributed by atoms with E-state index in [2.05, 4.69) is 16.0 Å². The Labute approximate surface area is 143 Å². The van der Waals surface area contributed by atoms with Crippen LogP contribution in [-0.2, 0) is 9.53 Å². The molecule has 7 nitrogen and oxygen atoms in total. The lowest BCUT2D eigenvalue weighted by Crippen LogP contribution is -2.51. The second kappa shape index (κ2) is 6.27. The zero-order chi connectivity index (χ0) is 16.5. The Morgan fingerprint density at radius 1 is 1.17 bits per heavy atom. The smallest absolute Gasteiger partial charge is 0.410 e. The van der Waals surface area contributed by atoms with Gasteiger partial charge < -0.3 is 14.5 Å². The van der Waals surface area contributed by atoms with E-state index in [4.69, 9.17) is 4.74 Å². The van der Waals surface area contributed by atoms with E-state index in [0.717, 1.165) is 23.7 Å². The first-order chi connectivity index (χ1) is 11.7. The first-order valence-electron chi connectivity index (χ1n) is 8.01. The van der Waals surface area contributed by atoms with Crippen LogP contribution in [-0.4, -0.2) is 72.7 Å². The number of aromatic nitrogens is 1. The van der Waals surface area contributed by atoms with Gasteiger partial charge in [-0.2, -0.15) is 0 Å². The minimum Gasteiger partial charge on any atom is -0.448 e. The van der Waals surface area contributed by atoms with Gasteiger partial charge >= 0.3 is 6.09 Å². The maximum Gasteiger partial charge on any atom is 0.410 e. The van der Waals surface area contributed by atoms with Gasteiger partial charge in [0.2, 0.25) is 5.91 Å². The molecule has 4 rings (SSSR count). The fourth-order valence-electron chi connectivity index (χ4n) is 2.98. The molecule has 0 atom stereocenters. The highest BCUT2D eigenvalue weighted by molar-refractivity contribution is 7.22. The standard InChI is InChI=1S/C16H18N4O3S/c21-14(11-20-9-10-23-16(20)22)18-5-7-19(8-6-18)15-17-12-3-1-2-4-13(12)24-15/h1-4H,5-11H2. The van der Waals surface area contributed by atoms with E-state index in [1.54, 1.807) is 11.3 Å². The van der Waals surface area contributed by atoms with E-state index in [1.165, 1.54) is 9.60 Å². The number of piperazine rings is 1. The Bertz CT molecular complexity index is 737. The van der Waals surface area contributed by atoms with Crippen molar-refractivity contribution in [3.8, 4) is 0 Å². The monoisotopic (exact) mass is 346 g/mol. The number of hydrogen-bond acceptors (Lipinski definition) is 6.